The lowest BCUT2D eigenvalue weighted by molar-refractivity contribution is -0.174. The van der Waals surface area contributed by atoms with Crippen LogP contribution in [0.5, 0.6) is 0 Å². The molecule has 0 saturated carbocycles. The molecule has 0 aliphatic heterocycles. The van der Waals surface area contributed by atoms with Gasteiger partial charge in [0, 0.05) is 25.8 Å². The first kappa shape index (κ1) is 31.3. The van der Waals surface area contributed by atoms with E-state index in [0.29, 0.717) is 24.9 Å². The molecule has 0 saturated heterocycles. The second-order valence-corrected chi connectivity index (χ2v) is 9.17. The first-order valence-electron chi connectivity index (χ1n) is 12.8. The number of alkyl halides is 3. The Morgan fingerprint density at radius 3 is 1.69 bits per heavy atom. The normalized spacial score (nSPS) is 12.7. The van der Waals surface area contributed by atoms with Crippen molar-refractivity contribution < 1.29 is 37.5 Å². The van der Waals surface area contributed by atoms with Gasteiger partial charge in [0.05, 0.1) is 0 Å². The van der Waals surface area contributed by atoms with Gasteiger partial charge >= 0.3 is 18.1 Å². The summed E-state index contributed by atoms with van der Waals surface area (Å²) in [5.74, 6) is -4.49. The van der Waals surface area contributed by atoms with E-state index in [1.807, 2.05) is 0 Å². The minimum atomic E-state index is -5.18. The fourth-order valence-electron chi connectivity index (χ4n) is 3.90. The molecule has 0 heterocycles. The van der Waals surface area contributed by atoms with E-state index in [-0.39, 0.29) is 19.3 Å². The maximum atomic E-state index is 13.1. The summed E-state index contributed by atoms with van der Waals surface area (Å²) in [4.78, 5) is 48.3. The van der Waals surface area contributed by atoms with Gasteiger partial charge in [0.1, 0.15) is 12.1 Å². The molecule has 0 bridgehead atoms. The van der Waals surface area contributed by atoms with E-state index in [0.717, 1.165) is 24.8 Å². The van der Waals surface area contributed by atoms with Crippen molar-refractivity contribution in [2.24, 2.45) is 0 Å². The van der Waals surface area contributed by atoms with Crippen molar-refractivity contribution in [1.82, 2.24) is 16.0 Å². The molecule has 8 nitrogen and oxygen atoms in total. The number of nitrogens with one attached hydrogen (secondary N) is 3. The van der Waals surface area contributed by atoms with Crippen LogP contribution >= 0.6 is 0 Å². The minimum absolute atomic E-state index is 0.0961. The molecule has 0 aromatic heterocycles. The van der Waals surface area contributed by atoms with Gasteiger partial charge in [0.25, 0.3) is 0 Å². The Bertz CT molecular complexity index is 1070. The van der Waals surface area contributed by atoms with Crippen LogP contribution in [-0.2, 0) is 32.0 Å². The molecule has 2 aromatic carbocycles. The van der Waals surface area contributed by atoms with Gasteiger partial charge < -0.3 is 21.1 Å². The van der Waals surface area contributed by atoms with Gasteiger partial charge in [-0.15, -0.1) is 0 Å². The second-order valence-electron chi connectivity index (χ2n) is 9.17. The zero-order valence-electron chi connectivity index (χ0n) is 21.5. The molecule has 0 aliphatic rings. The van der Waals surface area contributed by atoms with Crippen LogP contribution in [0.15, 0.2) is 60.7 Å². The highest BCUT2D eigenvalue weighted by molar-refractivity contribution is 5.93. The van der Waals surface area contributed by atoms with E-state index in [9.17, 15) is 32.3 Å². The number of unbranched alkanes of at least 4 members (excludes halogenated alkanes) is 4. The van der Waals surface area contributed by atoms with Crippen molar-refractivity contribution in [2.45, 2.75) is 69.6 Å². The number of carboxylic acid groups (broad SMARTS) is 1. The number of halogens is 3. The summed E-state index contributed by atoms with van der Waals surface area (Å²) in [5.41, 5.74) is 1.27. The molecule has 0 aliphatic carbocycles. The topological polar surface area (TPSA) is 125 Å². The molecular formula is C28H34F3N3O5. The summed E-state index contributed by atoms with van der Waals surface area (Å²) in [6, 6.07) is 14.5. The average Bonchev–Trinajstić information content (AvgIpc) is 2.89. The highest BCUT2D eigenvalue weighted by Gasteiger charge is 2.41. The monoisotopic (exact) mass is 549 g/mol. The SMILES string of the molecule is O=C(O)CCCCCCCNC(=O)[C@@H](Cc1ccccc1)NC(=O)[C@@H](Cc1ccccc1)NC(=O)C(F)(F)F. The summed E-state index contributed by atoms with van der Waals surface area (Å²) >= 11 is 0. The number of hydrogen-bond donors (Lipinski definition) is 4. The predicted octanol–water partition coefficient (Wildman–Crippen LogP) is 3.55. The van der Waals surface area contributed by atoms with Gasteiger partial charge in [-0.2, -0.15) is 13.2 Å². The third-order valence-corrected chi connectivity index (χ3v) is 5.94. The molecule has 2 rings (SSSR count). The fraction of sp³-hybridized carbons (Fsp3) is 0.429. The van der Waals surface area contributed by atoms with Crippen LogP contribution in [-0.4, -0.2) is 53.6 Å². The number of rotatable bonds is 16. The Balaban J connectivity index is 2.05. The third-order valence-electron chi connectivity index (χ3n) is 5.94. The van der Waals surface area contributed by atoms with Crippen LogP contribution in [0.4, 0.5) is 13.2 Å². The predicted molar refractivity (Wildman–Crippen MR) is 139 cm³/mol. The first-order chi connectivity index (χ1) is 18.6. The summed E-state index contributed by atoms with van der Waals surface area (Å²) in [7, 11) is 0. The molecule has 4 N–H and O–H groups in total. The molecule has 3 amide bonds. The quantitative estimate of drug-likeness (QED) is 0.239. The lowest BCUT2D eigenvalue weighted by Gasteiger charge is -2.24. The second kappa shape index (κ2) is 16.2. The molecule has 2 aromatic rings. The number of carboxylic acids is 1. The molecule has 0 fully saturated rings. The Morgan fingerprint density at radius 1 is 0.692 bits per heavy atom. The van der Waals surface area contributed by atoms with E-state index >= 15 is 0 Å². The van der Waals surface area contributed by atoms with Gasteiger partial charge in [-0.05, 0) is 24.0 Å². The van der Waals surface area contributed by atoms with E-state index in [1.165, 1.54) is 0 Å². The van der Waals surface area contributed by atoms with Crippen LogP contribution in [0.2, 0.25) is 0 Å². The molecule has 0 radical (unpaired) electrons. The van der Waals surface area contributed by atoms with Crippen LogP contribution < -0.4 is 16.0 Å². The van der Waals surface area contributed by atoms with E-state index in [1.54, 1.807) is 66.0 Å². The van der Waals surface area contributed by atoms with E-state index in [2.05, 4.69) is 10.6 Å². The number of aliphatic carboxylic acids is 1. The number of carbonyl (C=O) groups excluding carboxylic acids is 3. The van der Waals surface area contributed by atoms with Crippen molar-refractivity contribution in [3.63, 3.8) is 0 Å². The highest BCUT2D eigenvalue weighted by atomic mass is 19.4. The molecule has 212 valence electrons. The minimum Gasteiger partial charge on any atom is -0.481 e. The van der Waals surface area contributed by atoms with Crippen LogP contribution in [0.1, 0.15) is 49.7 Å². The molecule has 0 spiro atoms. The molecule has 0 unspecified atom stereocenters. The zero-order valence-corrected chi connectivity index (χ0v) is 21.5. The van der Waals surface area contributed by atoms with Crippen molar-refractivity contribution in [3.05, 3.63) is 71.8 Å². The largest absolute Gasteiger partial charge is 0.481 e. The summed E-state index contributed by atoms with van der Waals surface area (Å²) in [5, 5.41) is 15.7. The van der Waals surface area contributed by atoms with Crippen molar-refractivity contribution in [3.8, 4) is 0 Å². The highest BCUT2D eigenvalue weighted by Crippen LogP contribution is 2.16. The summed E-state index contributed by atoms with van der Waals surface area (Å²) in [6.07, 6.45) is -1.58. The van der Waals surface area contributed by atoms with Gasteiger partial charge in [0.15, 0.2) is 0 Å². The smallest absolute Gasteiger partial charge is 0.471 e. The van der Waals surface area contributed by atoms with Gasteiger partial charge in [0.2, 0.25) is 11.8 Å². The lowest BCUT2D eigenvalue weighted by Crippen LogP contribution is -2.56. The maximum Gasteiger partial charge on any atom is 0.471 e. The van der Waals surface area contributed by atoms with Crippen molar-refractivity contribution in [2.75, 3.05) is 6.54 Å². The number of amides is 3. The van der Waals surface area contributed by atoms with Crippen LogP contribution in [0.3, 0.4) is 0 Å². The van der Waals surface area contributed by atoms with Gasteiger partial charge in [-0.3, -0.25) is 19.2 Å². The third kappa shape index (κ3) is 12.5. The van der Waals surface area contributed by atoms with E-state index < -0.39 is 42.0 Å². The lowest BCUT2D eigenvalue weighted by atomic mass is 10.0. The standard InChI is InChI=1S/C28H34F3N3O5/c29-28(30,31)27(39)34-23(19-21-14-8-5-9-15-21)26(38)33-22(18-20-12-6-4-7-13-20)25(37)32-17-11-3-1-2-10-16-24(35)36/h4-9,12-15,22-23H,1-3,10-11,16-19H2,(H,32,37)(H,33,38)(H,34,39)(H,35,36)/t22-,23-/m1/s1. The summed E-state index contributed by atoms with van der Waals surface area (Å²) < 4.78 is 38.9. The Hall–Kier alpha value is -3.89. The summed E-state index contributed by atoms with van der Waals surface area (Å²) in [6.45, 7) is 0.317. The molecule has 11 heteroatoms. The van der Waals surface area contributed by atoms with Gasteiger partial charge in [-0.1, -0.05) is 79.9 Å². The Morgan fingerprint density at radius 2 is 1.18 bits per heavy atom. The average molecular weight is 550 g/mol. The molecular weight excluding hydrogens is 515 g/mol. The molecule has 39 heavy (non-hydrogen) atoms. The maximum absolute atomic E-state index is 13.1. The van der Waals surface area contributed by atoms with Gasteiger partial charge in [-0.25, -0.2) is 0 Å². The first-order valence-corrected chi connectivity index (χ1v) is 12.8. The Kier molecular flexibility index (Phi) is 13.0. The van der Waals surface area contributed by atoms with Crippen molar-refractivity contribution in [1.29, 1.82) is 0 Å². The number of benzene rings is 2. The molecule has 2 atom stereocenters. The zero-order chi connectivity index (χ0) is 28.7. The number of hydrogen-bond acceptors (Lipinski definition) is 4. The van der Waals surface area contributed by atoms with Crippen LogP contribution in [0, 0.1) is 0 Å². The van der Waals surface area contributed by atoms with E-state index in [4.69, 9.17) is 5.11 Å². The Labute approximate surface area is 225 Å². The van der Waals surface area contributed by atoms with Crippen molar-refractivity contribution >= 4 is 23.7 Å². The fourth-order valence-corrected chi connectivity index (χ4v) is 3.90. The number of carbonyl (C=O) groups is 4. The van der Waals surface area contributed by atoms with Crippen LogP contribution in [0.25, 0.3) is 0 Å².